The molecule has 0 heterocycles. The van der Waals surface area contributed by atoms with E-state index >= 15 is 0 Å². The van der Waals surface area contributed by atoms with Gasteiger partial charge in [-0.25, -0.2) is 0 Å². The minimum atomic E-state index is -0.715. The van der Waals surface area contributed by atoms with E-state index in [4.69, 9.17) is 4.74 Å². The van der Waals surface area contributed by atoms with E-state index in [9.17, 15) is 5.11 Å². The summed E-state index contributed by atoms with van der Waals surface area (Å²) in [6.45, 7) is 5.85. The minimum Gasteiger partial charge on any atom is -0.465 e. The van der Waals surface area contributed by atoms with Crippen LogP contribution in [-0.4, -0.2) is 11.4 Å². The minimum absolute atomic E-state index is 0.680. The molecule has 1 unspecified atom stereocenters. The number of hydrogen-bond donors (Lipinski definition) is 1. The molecule has 0 aliphatic carbocycles. The van der Waals surface area contributed by atoms with Crippen LogP contribution in [0.15, 0.2) is 30.8 Å². The first-order valence-corrected chi connectivity index (χ1v) is 5.84. The van der Waals surface area contributed by atoms with Crippen LogP contribution in [0.5, 0.6) is 5.75 Å². The largest absolute Gasteiger partial charge is 0.465 e. The number of para-hydroxylation sites is 1. The lowest BCUT2D eigenvalue weighted by atomic mass is 10.2. The van der Waals surface area contributed by atoms with Gasteiger partial charge in [0.1, 0.15) is 5.75 Å². The van der Waals surface area contributed by atoms with Gasteiger partial charge >= 0.3 is 0 Å². The fourth-order valence-corrected chi connectivity index (χ4v) is 1.53. The van der Waals surface area contributed by atoms with E-state index in [2.05, 4.69) is 13.5 Å². The molecule has 0 aliphatic heterocycles. The highest BCUT2D eigenvalue weighted by atomic mass is 16.6. The molecule has 0 saturated carbocycles. The van der Waals surface area contributed by atoms with Crippen molar-refractivity contribution in [3.8, 4) is 5.75 Å². The normalized spacial score (nSPS) is 12.1. The lowest BCUT2D eigenvalue weighted by molar-refractivity contribution is -0.0246. The average molecular weight is 220 g/mol. The summed E-state index contributed by atoms with van der Waals surface area (Å²) in [5.74, 6) is 0.696. The highest BCUT2D eigenvalue weighted by Gasteiger charge is 2.07. The smallest absolute Gasteiger partial charge is 0.197 e. The van der Waals surface area contributed by atoms with Gasteiger partial charge in [0.05, 0.1) is 0 Å². The molecule has 0 aromatic heterocycles. The molecule has 2 nitrogen and oxygen atoms in total. The van der Waals surface area contributed by atoms with Crippen molar-refractivity contribution in [3.63, 3.8) is 0 Å². The molecule has 1 N–H and O–H groups in total. The van der Waals surface area contributed by atoms with Gasteiger partial charge in [-0.1, -0.05) is 50.6 Å². The van der Waals surface area contributed by atoms with Gasteiger partial charge in [-0.05, 0) is 12.5 Å². The van der Waals surface area contributed by atoms with E-state index in [1.165, 1.54) is 0 Å². The fourth-order valence-electron chi connectivity index (χ4n) is 1.53. The summed E-state index contributed by atoms with van der Waals surface area (Å²) < 4.78 is 5.47. The molecule has 1 rings (SSSR count). The van der Waals surface area contributed by atoms with E-state index in [1.807, 2.05) is 24.3 Å². The zero-order chi connectivity index (χ0) is 11.8. The summed E-state index contributed by atoms with van der Waals surface area (Å²) in [5, 5.41) is 9.69. The van der Waals surface area contributed by atoms with Gasteiger partial charge in [0.15, 0.2) is 6.29 Å². The van der Waals surface area contributed by atoms with Crippen molar-refractivity contribution in [3.05, 3.63) is 36.4 Å². The van der Waals surface area contributed by atoms with Gasteiger partial charge in [-0.2, -0.15) is 0 Å². The maximum absolute atomic E-state index is 9.69. The SMILES string of the molecule is C=Cc1ccccc1OC(O)CCCCC. The Balaban J connectivity index is 2.48. The highest BCUT2D eigenvalue weighted by Crippen LogP contribution is 2.20. The van der Waals surface area contributed by atoms with Crippen molar-refractivity contribution in [2.24, 2.45) is 0 Å². The molecule has 0 bridgehead atoms. The first-order valence-electron chi connectivity index (χ1n) is 5.84. The summed E-state index contributed by atoms with van der Waals surface area (Å²) in [4.78, 5) is 0. The standard InChI is InChI=1S/C14H20O2/c1-3-5-6-11-14(15)16-13-10-8-7-9-12(13)4-2/h4,7-10,14-15H,2-3,5-6,11H2,1H3. The lowest BCUT2D eigenvalue weighted by Gasteiger charge is -2.14. The molecule has 0 radical (unpaired) electrons. The Morgan fingerprint density at radius 3 is 2.81 bits per heavy atom. The summed E-state index contributed by atoms with van der Waals surface area (Å²) in [6.07, 6.45) is 4.97. The number of aliphatic hydroxyl groups is 1. The Bertz CT molecular complexity index is 320. The quantitative estimate of drug-likeness (QED) is 0.562. The Kier molecular flexibility index (Phi) is 5.65. The summed E-state index contributed by atoms with van der Waals surface area (Å²) in [5.41, 5.74) is 0.914. The van der Waals surface area contributed by atoms with Crippen molar-refractivity contribution < 1.29 is 9.84 Å². The number of benzene rings is 1. The molecule has 0 fully saturated rings. The van der Waals surface area contributed by atoms with Gasteiger partial charge in [-0.15, -0.1) is 0 Å². The van der Waals surface area contributed by atoms with E-state index in [1.54, 1.807) is 6.08 Å². The Labute approximate surface area is 97.6 Å². The van der Waals surface area contributed by atoms with Crippen molar-refractivity contribution in [2.45, 2.75) is 38.9 Å². The number of ether oxygens (including phenoxy) is 1. The van der Waals surface area contributed by atoms with E-state index in [0.29, 0.717) is 12.2 Å². The third kappa shape index (κ3) is 4.07. The molecule has 1 atom stereocenters. The van der Waals surface area contributed by atoms with Crippen molar-refractivity contribution >= 4 is 6.08 Å². The average Bonchev–Trinajstić information content (AvgIpc) is 2.30. The second kappa shape index (κ2) is 7.07. The zero-order valence-electron chi connectivity index (χ0n) is 9.86. The van der Waals surface area contributed by atoms with Gasteiger partial charge in [0.2, 0.25) is 0 Å². The van der Waals surface area contributed by atoms with E-state index in [-0.39, 0.29) is 0 Å². The Hall–Kier alpha value is -1.28. The Morgan fingerprint density at radius 2 is 2.12 bits per heavy atom. The maximum atomic E-state index is 9.69. The van der Waals surface area contributed by atoms with Crippen LogP contribution < -0.4 is 4.74 Å². The van der Waals surface area contributed by atoms with Crippen LogP contribution in [0.3, 0.4) is 0 Å². The van der Waals surface area contributed by atoms with Crippen LogP contribution in [0.1, 0.15) is 38.2 Å². The first kappa shape index (κ1) is 12.8. The van der Waals surface area contributed by atoms with Gasteiger partial charge in [0.25, 0.3) is 0 Å². The Morgan fingerprint density at radius 1 is 1.38 bits per heavy atom. The summed E-state index contributed by atoms with van der Waals surface area (Å²) in [7, 11) is 0. The topological polar surface area (TPSA) is 29.5 Å². The van der Waals surface area contributed by atoms with Gasteiger partial charge < -0.3 is 9.84 Å². The summed E-state index contributed by atoms with van der Waals surface area (Å²) in [6, 6.07) is 7.58. The molecular weight excluding hydrogens is 200 g/mol. The molecular formula is C14H20O2. The van der Waals surface area contributed by atoms with Crippen LogP contribution in [-0.2, 0) is 0 Å². The molecule has 16 heavy (non-hydrogen) atoms. The van der Waals surface area contributed by atoms with Crippen molar-refractivity contribution in [1.82, 2.24) is 0 Å². The molecule has 0 aliphatic rings. The van der Waals surface area contributed by atoms with E-state index < -0.39 is 6.29 Å². The summed E-state index contributed by atoms with van der Waals surface area (Å²) >= 11 is 0. The fraction of sp³-hybridized carbons (Fsp3) is 0.429. The first-order chi connectivity index (χ1) is 7.77. The van der Waals surface area contributed by atoms with Gasteiger partial charge in [-0.3, -0.25) is 0 Å². The monoisotopic (exact) mass is 220 g/mol. The third-order valence-corrected chi connectivity index (χ3v) is 2.46. The number of rotatable bonds is 7. The van der Waals surface area contributed by atoms with Crippen LogP contribution in [0.4, 0.5) is 0 Å². The highest BCUT2D eigenvalue weighted by molar-refractivity contribution is 5.55. The zero-order valence-corrected chi connectivity index (χ0v) is 9.86. The van der Waals surface area contributed by atoms with Crippen LogP contribution >= 0.6 is 0 Å². The number of hydrogen-bond acceptors (Lipinski definition) is 2. The molecule has 88 valence electrons. The molecule has 0 amide bonds. The molecule has 1 aromatic rings. The lowest BCUT2D eigenvalue weighted by Crippen LogP contribution is -2.15. The molecule has 2 heteroatoms. The number of aliphatic hydroxyl groups excluding tert-OH is 1. The van der Waals surface area contributed by atoms with Gasteiger partial charge in [0, 0.05) is 12.0 Å². The predicted molar refractivity (Wildman–Crippen MR) is 67.3 cm³/mol. The molecule has 0 saturated heterocycles. The van der Waals surface area contributed by atoms with Crippen LogP contribution in [0.2, 0.25) is 0 Å². The third-order valence-electron chi connectivity index (χ3n) is 2.46. The van der Waals surface area contributed by atoms with Crippen molar-refractivity contribution in [2.75, 3.05) is 0 Å². The van der Waals surface area contributed by atoms with E-state index in [0.717, 1.165) is 24.8 Å². The second-order valence-electron chi connectivity index (χ2n) is 3.81. The van der Waals surface area contributed by atoms with Crippen molar-refractivity contribution in [1.29, 1.82) is 0 Å². The molecule has 0 spiro atoms. The van der Waals surface area contributed by atoms with Crippen LogP contribution in [0, 0.1) is 0 Å². The second-order valence-corrected chi connectivity index (χ2v) is 3.81. The van der Waals surface area contributed by atoms with Crippen LogP contribution in [0.25, 0.3) is 6.08 Å². The maximum Gasteiger partial charge on any atom is 0.197 e. The molecule has 1 aromatic carbocycles. The number of unbranched alkanes of at least 4 members (excludes halogenated alkanes) is 2. The predicted octanol–water partition coefficient (Wildman–Crippen LogP) is 3.61.